The van der Waals surface area contributed by atoms with E-state index in [1.807, 2.05) is 36.4 Å². The van der Waals surface area contributed by atoms with Crippen LogP contribution in [-0.2, 0) is 0 Å². The maximum atomic E-state index is 12.2. The van der Waals surface area contributed by atoms with E-state index in [0.29, 0.717) is 29.1 Å². The summed E-state index contributed by atoms with van der Waals surface area (Å²) in [7, 11) is 0. The van der Waals surface area contributed by atoms with Crippen LogP contribution in [0.4, 0.5) is 33.8 Å². The first kappa shape index (κ1) is 20.8. The Morgan fingerprint density at radius 2 is 1.50 bits per heavy atom. The number of benzene rings is 2. The van der Waals surface area contributed by atoms with E-state index in [0.717, 1.165) is 16.7 Å². The lowest BCUT2D eigenvalue weighted by Gasteiger charge is -2.11. The van der Waals surface area contributed by atoms with Crippen molar-refractivity contribution in [3.63, 3.8) is 0 Å². The quantitative estimate of drug-likeness (QED) is 0.314. The molecule has 0 spiro atoms. The molecule has 168 valence electrons. The molecule has 11 heteroatoms. The van der Waals surface area contributed by atoms with Gasteiger partial charge in [0.05, 0.1) is 11.0 Å². The Morgan fingerprint density at radius 3 is 2.24 bits per heavy atom. The van der Waals surface area contributed by atoms with E-state index in [4.69, 9.17) is 5.73 Å². The number of aryl methyl sites for hydroxylation is 1. The molecular formula is C23H20N10O. The minimum Gasteiger partial charge on any atom is -0.368 e. The summed E-state index contributed by atoms with van der Waals surface area (Å²) >= 11 is 0. The molecule has 2 amide bonds. The first-order valence-electron chi connectivity index (χ1n) is 10.4. The number of nitrogen functional groups attached to an aromatic ring is 1. The number of fused-ring (bicyclic) bond motifs is 1. The molecule has 0 fully saturated rings. The van der Waals surface area contributed by atoms with Gasteiger partial charge in [0.15, 0.2) is 0 Å². The number of para-hydroxylation sites is 2. The van der Waals surface area contributed by atoms with E-state index in [9.17, 15) is 4.79 Å². The SMILES string of the molecule is Cc1nc(N)nc(-n2c(Nc3ccc(NC(=O)Nc4ccncc4)cc3)nc3ccccc32)n1. The van der Waals surface area contributed by atoms with E-state index >= 15 is 0 Å². The van der Waals surface area contributed by atoms with Crippen molar-refractivity contribution in [3.8, 4) is 5.95 Å². The van der Waals surface area contributed by atoms with Crippen molar-refractivity contribution in [1.29, 1.82) is 0 Å². The number of anilines is 5. The fraction of sp³-hybridized carbons (Fsp3) is 0.0435. The van der Waals surface area contributed by atoms with Gasteiger partial charge in [0.2, 0.25) is 17.8 Å². The number of aromatic nitrogens is 6. The van der Waals surface area contributed by atoms with Gasteiger partial charge in [-0.1, -0.05) is 12.1 Å². The summed E-state index contributed by atoms with van der Waals surface area (Å²) < 4.78 is 1.79. The predicted molar refractivity (Wildman–Crippen MR) is 130 cm³/mol. The molecule has 0 aliphatic carbocycles. The van der Waals surface area contributed by atoms with Crippen LogP contribution in [0.3, 0.4) is 0 Å². The molecule has 0 aliphatic heterocycles. The molecule has 0 radical (unpaired) electrons. The first-order valence-corrected chi connectivity index (χ1v) is 10.4. The number of amides is 2. The summed E-state index contributed by atoms with van der Waals surface area (Å²) in [6, 6.07) is 18.0. The highest BCUT2D eigenvalue weighted by Gasteiger charge is 2.16. The molecular weight excluding hydrogens is 432 g/mol. The molecule has 34 heavy (non-hydrogen) atoms. The fourth-order valence-electron chi connectivity index (χ4n) is 3.39. The number of rotatable bonds is 5. The van der Waals surface area contributed by atoms with Crippen LogP contribution < -0.4 is 21.7 Å². The number of pyridine rings is 1. The maximum Gasteiger partial charge on any atom is 0.323 e. The number of urea groups is 1. The molecule has 2 aromatic carbocycles. The molecule has 5 N–H and O–H groups in total. The Kier molecular flexibility index (Phi) is 5.40. The second kappa shape index (κ2) is 8.82. The minimum atomic E-state index is -0.350. The van der Waals surface area contributed by atoms with Gasteiger partial charge in [-0.2, -0.15) is 15.0 Å². The average Bonchev–Trinajstić information content (AvgIpc) is 3.18. The van der Waals surface area contributed by atoms with E-state index in [1.165, 1.54) is 0 Å². The monoisotopic (exact) mass is 452 g/mol. The highest BCUT2D eigenvalue weighted by molar-refractivity contribution is 5.99. The van der Waals surface area contributed by atoms with Crippen LogP contribution in [0.1, 0.15) is 5.82 Å². The summed E-state index contributed by atoms with van der Waals surface area (Å²) in [5, 5.41) is 8.83. The largest absolute Gasteiger partial charge is 0.368 e. The number of carbonyl (C=O) groups is 1. The molecule has 5 rings (SSSR count). The minimum absolute atomic E-state index is 0.131. The van der Waals surface area contributed by atoms with Crippen LogP contribution in [0.15, 0.2) is 73.1 Å². The van der Waals surface area contributed by atoms with E-state index in [-0.39, 0.29) is 12.0 Å². The molecule has 0 saturated carbocycles. The third-order valence-corrected chi connectivity index (χ3v) is 4.85. The van der Waals surface area contributed by atoms with Crippen LogP contribution in [-0.4, -0.2) is 35.5 Å². The van der Waals surface area contributed by atoms with Crippen LogP contribution in [0, 0.1) is 6.92 Å². The van der Waals surface area contributed by atoms with Gasteiger partial charge in [-0.05, 0) is 55.5 Å². The summed E-state index contributed by atoms with van der Waals surface area (Å²) in [6.07, 6.45) is 3.21. The summed E-state index contributed by atoms with van der Waals surface area (Å²) in [4.78, 5) is 33.6. The van der Waals surface area contributed by atoms with Gasteiger partial charge in [0, 0.05) is 29.5 Å². The van der Waals surface area contributed by atoms with Crippen molar-refractivity contribution in [1.82, 2.24) is 29.5 Å². The van der Waals surface area contributed by atoms with E-state index in [1.54, 1.807) is 48.1 Å². The molecule has 0 bridgehead atoms. The van der Waals surface area contributed by atoms with Crippen molar-refractivity contribution in [2.75, 3.05) is 21.7 Å². The molecule has 0 atom stereocenters. The van der Waals surface area contributed by atoms with Crippen molar-refractivity contribution >= 4 is 46.0 Å². The zero-order valence-electron chi connectivity index (χ0n) is 18.1. The normalized spacial score (nSPS) is 10.7. The maximum absolute atomic E-state index is 12.2. The first-order chi connectivity index (χ1) is 16.5. The molecule has 3 heterocycles. The van der Waals surface area contributed by atoms with Crippen molar-refractivity contribution in [2.24, 2.45) is 0 Å². The van der Waals surface area contributed by atoms with Gasteiger partial charge >= 0.3 is 6.03 Å². The van der Waals surface area contributed by atoms with Crippen molar-refractivity contribution in [3.05, 3.63) is 78.9 Å². The van der Waals surface area contributed by atoms with Crippen molar-refractivity contribution < 1.29 is 4.79 Å². The van der Waals surface area contributed by atoms with E-state index in [2.05, 4.69) is 40.9 Å². The molecule has 5 aromatic rings. The lowest BCUT2D eigenvalue weighted by atomic mass is 10.3. The number of nitrogens with one attached hydrogen (secondary N) is 3. The Morgan fingerprint density at radius 1 is 0.824 bits per heavy atom. The van der Waals surface area contributed by atoms with Crippen LogP contribution in [0.5, 0.6) is 0 Å². The summed E-state index contributed by atoms with van der Waals surface area (Å²) in [5.74, 6) is 1.52. The Bertz CT molecular complexity index is 1440. The van der Waals surface area contributed by atoms with Gasteiger partial charge in [-0.15, -0.1) is 0 Å². The molecule has 0 aliphatic rings. The van der Waals surface area contributed by atoms with E-state index < -0.39 is 0 Å². The zero-order chi connectivity index (χ0) is 23.5. The lowest BCUT2D eigenvalue weighted by Crippen LogP contribution is -2.19. The van der Waals surface area contributed by atoms with Gasteiger partial charge in [0.25, 0.3) is 0 Å². The zero-order valence-corrected chi connectivity index (χ0v) is 18.1. The van der Waals surface area contributed by atoms with Gasteiger partial charge in [-0.25, -0.2) is 14.3 Å². The van der Waals surface area contributed by atoms with Gasteiger partial charge in [-0.3, -0.25) is 4.98 Å². The van der Waals surface area contributed by atoms with Gasteiger partial charge < -0.3 is 21.7 Å². The Labute approximate surface area is 194 Å². The number of carbonyl (C=O) groups excluding carboxylic acids is 1. The number of imidazole rings is 1. The third-order valence-electron chi connectivity index (χ3n) is 4.85. The highest BCUT2D eigenvalue weighted by atomic mass is 16.2. The second-order valence-electron chi connectivity index (χ2n) is 7.32. The summed E-state index contributed by atoms with van der Waals surface area (Å²) in [6.45, 7) is 1.75. The van der Waals surface area contributed by atoms with Gasteiger partial charge in [0.1, 0.15) is 5.82 Å². The number of hydrogen-bond acceptors (Lipinski definition) is 8. The number of hydrogen-bond donors (Lipinski definition) is 4. The van der Waals surface area contributed by atoms with Crippen molar-refractivity contribution in [2.45, 2.75) is 6.92 Å². The molecule has 11 nitrogen and oxygen atoms in total. The Balaban J connectivity index is 1.39. The van der Waals surface area contributed by atoms with Crippen LogP contribution in [0.2, 0.25) is 0 Å². The standard InChI is InChI=1S/C23H20N10O/c1-14-26-20(24)32-21(27-14)33-19-5-3-2-4-18(19)31-22(33)28-15-6-8-16(9-7-15)29-23(34)30-17-10-12-25-13-11-17/h2-13H,1H3,(H,28,31)(H2,24,26,27,32)(H2,25,29,30,34). The molecule has 0 saturated heterocycles. The summed E-state index contributed by atoms with van der Waals surface area (Å²) in [5.41, 5.74) is 9.49. The number of nitrogens with two attached hydrogens (primary N) is 1. The third kappa shape index (κ3) is 4.43. The average molecular weight is 452 g/mol. The fourth-order valence-corrected chi connectivity index (χ4v) is 3.39. The molecule has 3 aromatic heterocycles. The highest BCUT2D eigenvalue weighted by Crippen LogP contribution is 2.26. The predicted octanol–water partition coefficient (Wildman–Crippen LogP) is 3.88. The van der Waals surface area contributed by atoms with Crippen LogP contribution >= 0.6 is 0 Å². The second-order valence-corrected chi connectivity index (χ2v) is 7.32. The topological polar surface area (TPSA) is 149 Å². The Hall–Kier alpha value is -5.06. The molecule has 0 unspecified atom stereocenters. The number of nitrogens with zero attached hydrogens (tertiary/aromatic N) is 6. The smallest absolute Gasteiger partial charge is 0.323 e. The lowest BCUT2D eigenvalue weighted by molar-refractivity contribution is 0.262. The van der Waals surface area contributed by atoms with Crippen LogP contribution in [0.25, 0.3) is 17.0 Å².